The third-order valence-electron chi connectivity index (χ3n) is 2.80. The van der Waals surface area contributed by atoms with Crippen LogP contribution in [0.25, 0.3) is 0 Å². The van der Waals surface area contributed by atoms with Crippen LogP contribution in [0.4, 0.5) is 0 Å². The highest BCUT2D eigenvalue weighted by molar-refractivity contribution is 5.09. The summed E-state index contributed by atoms with van der Waals surface area (Å²) in [4.78, 5) is 8.16. The van der Waals surface area contributed by atoms with Gasteiger partial charge in [-0.1, -0.05) is 0 Å². The predicted molar refractivity (Wildman–Crippen MR) is 65.2 cm³/mol. The number of pyridine rings is 1. The van der Waals surface area contributed by atoms with Crippen LogP contribution in [0.15, 0.2) is 30.9 Å². The van der Waals surface area contributed by atoms with E-state index in [0.29, 0.717) is 0 Å². The summed E-state index contributed by atoms with van der Waals surface area (Å²) in [5, 5.41) is 4.03. The zero-order valence-electron chi connectivity index (χ0n) is 9.95. The molecule has 17 heavy (non-hydrogen) atoms. The normalized spacial score (nSPS) is 12.6. The van der Waals surface area contributed by atoms with Gasteiger partial charge in [0.25, 0.3) is 0 Å². The highest BCUT2D eigenvalue weighted by Gasteiger charge is 2.08. The van der Waals surface area contributed by atoms with Crippen LogP contribution in [0.1, 0.15) is 17.8 Å². The number of hydrogen-bond donors (Lipinski definition) is 1. The molecule has 0 aliphatic rings. The molecule has 0 radical (unpaired) electrons. The maximum absolute atomic E-state index is 6.08. The first-order valence-corrected chi connectivity index (χ1v) is 5.73. The molecule has 0 amide bonds. The van der Waals surface area contributed by atoms with Gasteiger partial charge in [-0.2, -0.15) is 5.10 Å². The Hall–Kier alpha value is -1.75. The first-order chi connectivity index (χ1) is 8.25. The van der Waals surface area contributed by atoms with E-state index in [0.717, 1.165) is 25.1 Å². The van der Waals surface area contributed by atoms with Crippen molar-refractivity contribution in [2.24, 2.45) is 12.8 Å². The van der Waals surface area contributed by atoms with Gasteiger partial charge in [0.2, 0.25) is 0 Å². The summed E-state index contributed by atoms with van der Waals surface area (Å²) >= 11 is 0. The third kappa shape index (κ3) is 3.35. The Labute approximate surface area is 101 Å². The average molecular weight is 231 g/mol. The minimum atomic E-state index is 0.117. The van der Waals surface area contributed by atoms with Crippen LogP contribution >= 0.6 is 0 Å². The molecule has 1 unspecified atom stereocenters. The van der Waals surface area contributed by atoms with E-state index in [2.05, 4.69) is 15.1 Å². The lowest BCUT2D eigenvalue weighted by atomic mass is 10.0. The summed E-state index contributed by atoms with van der Waals surface area (Å²) < 4.78 is 1.77. The van der Waals surface area contributed by atoms with Gasteiger partial charge in [-0.25, -0.2) is 4.98 Å². The van der Waals surface area contributed by atoms with E-state index < -0.39 is 0 Å². The maximum Gasteiger partial charge on any atom is 0.138 e. The Morgan fingerprint density at radius 3 is 2.76 bits per heavy atom. The van der Waals surface area contributed by atoms with Crippen molar-refractivity contribution in [3.63, 3.8) is 0 Å². The van der Waals surface area contributed by atoms with Gasteiger partial charge in [0, 0.05) is 31.9 Å². The summed E-state index contributed by atoms with van der Waals surface area (Å²) in [6, 6.07) is 4.16. The molecule has 0 aromatic carbocycles. The second-order valence-electron chi connectivity index (χ2n) is 4.16. The van der Waals surface area contributed by atoms with E-state index in [1.165, 1.54) is 5.56 Å². The Morgan fingerprint density at radius 2 is 2.12 bits per heavy atom. The molecule has 0 saturated heterocycles. The first kappa shape index (κ1) is 11.7. The molecule has 0 aliphatic heterocycles. The van der Waals surface area contributed by atoms with Crippen LogP contribution in [0.5, 0.6) is 0 Å². The molecule has 2 rings (SSSR count). The highest BCUT2D eigenvalue weighted by Crippen LogP contribution is 2.05. The lowest BCUT2D eigenvalue weighted by molar-refractivity contribution is 0.570. The third-order valence-corrected chi connectivity index (χ3v) is 2.80. The lowest BCUT2D eigenvalue weighted by Gasteiger charge is -2.10. The maximum atomic E-state index is 6.08. The van der Waals surface area contributed by atoms with E-state index >= 15 is 0 Å². The molecule has 1 atom stereocenters. The average Bonchev–Trinajstić information content (AvgIpc) is 2.74. The van der Waals surface area contributed by atoms with Crippen LogP contribution in [0.3, 0.4) is 0 Å². The van der Waals surface area contributed by atoms with E-state index in [4.69, 9.17) is 5.73 Å². The summed E-state index contributed by atoms with van der Waals surface area (Å²) in [5.41, 5.74) is 7.36. The van der Waals surface area contributed by atoms with Crippen molar-refractivity contribution in [2.75, 3.05) is 0 Å². The molecular weight excluding hydrogens is 214 g/mol. The fourth-order valence-electron chi connectivity index (χ4n) is 1.74. The molecule has 0 spiro atoms. The topological polar surface area (TPSA) is 69.6 Å². The molecular formula is C12H17N5. The molecule has 90 valence electrons. The molecule has 2 N–H and O–H groups in total. The Bertz CT molecular complexity index is 451. The molecule has 0 aliphatic carbocycles. The van der Waals surface area contributed by atoms with Crippen LogP contribution in [0.2, 0.25) is 0 Å². The van der Waals surface area contributed by atoms with Gasteiger partial charge < -0.3 is 5.73 Å². The Balaban J connectivity index is 1.82. The molecule has 0 bridgehead atoms. The van der Waals surface area contributed by atoms with E-state index in [1.54, 1.807) is 11.0 Å². The standard InChI is InChI=1S/C12H17N5/c1-17-12(15-9-16-17)8-11(13)3-2-10-4-6-14-7-5-10/h4-7,9,11H,2-3,8,13H2,1H3. The number of aryl methyl sites for hydroxylation is 2. The zero-order chi connectivity index (χ0) is 12.1. The summed E-state index contributed by atoms with van der Waals surface area (Å²) in [6.45, 7) is 0. The van der Waals surface area contributed by atoms with Gasteiger partial charge in [-0.3, -0.25) is 9.67 Å². The van der Waals surface area contributed by atoms with Crippen molar-refractivity contribution in [2.45, 2.75) is 25.3 Å². The Morgan fingerprint density at radius 1 is 1.35 bits per heavy atom. The molecule has 5 heteroatoms. The monoisotopic (exact) mass is 231 g/mol. The van der Waals surface area contributed by atoms with Gasteiger partial charge in [0.1, 0.15) is 12.2 Å². The molecule has 2 aromatic rings. The second kappa shape index (κ2) is 5.54. The van der Waals surface area contributed by atoms with Crippen LogP contribution in [-0.2, 0) is 19.9 Å². The lowest BCUT2D eigenvalue weighted by Crippen LogP contribution is -2.25. The quantitative estimate of drug-likeness (QED) is 0.823. The number of aromatic nitrogens is 4. The highest BCUT2D eigenvalue weighted by atomic mass is 15.3. The van der Waals surface area contributed by atoms with Gasteiger partial charge in [-0.15, -0.1) is 0 Å². The van der Waals surface area contributed by atoms with Crippen molar-refractivity contribution >= 4 is 0 Å². The van der Waals surface area contributed by atoms with E-state index in [1.807, 2.05) is 31.6 Å². The fraction of sp³-hybridized carbons (Fsp3) is 0.417. The Kier molecular flexibility index (Phi) is 3.82. The largest absolute Gasteiger partial charge is 0.327 e. The second-order valence-corrected chi connectivity index (χ2v) is 4.16. The van der Waals surface area contributed by atoms with Gasteiger partial charge in [0.15, 0.2) is 0 Å². The minimum Gasteiger partial charge on any atom is -0.327 e. The number of rotatable bonds is 5. The van der Waals surface area contributed by atoms with Crippen molar-refractivity contribution in [3.8, 4) is 0 Å². The number of nitrogens with two attached hydrogens (primary N) is 1. The summed E-state index contributed by atoms with van der Waals surface area (Å²) in [6.07, 6.45) is 7.86. The van der Waals surface area contributed by atoms with Gasteiger partial charge in [-0.05, 0) is 30.5 Å². The van der Waals surface area contributed by atoms with Crippen molar-refractivity contribution in [3.05, 3.63) is 42.2 Å². The van der Waals surface area contributed by atoms with Crippen LogP contribution in [-0.4, -0.2) is 25.8 Å². The van der Waals surface area contributed by atoms with E-state index in [-0.39, 0.29) is 6.04 Å². The zero-order valence-corrected chi connectivity index (χ0v) is 9.95. The van der Waals surface area contributed by atoms with Crippen molar-refractivity contribution < 1.29 is 0 Å². The smallest absolute Gasteiger partial charge is 0.138 e. The van der Waals surface area contributed by atoms with Crippen LogP contribution < -0.4 is 5.73 Å². The van der Waals surface area contributed by atoms with Gasteiger partial charge in [0.05, 0.1) is 0 Å². The number of nitrogens with zero attached hydrogens (tertiary/aromatic N) is 4. The van der Waals surface area contributed by atoms with Crippen molar-refractivity contribution in [1.29, 1.82) is 0 Å². The molecule has 2 heterocycles. The number of hydrogen-bond acceptors (Lipinski definition) is 4. The van der Waals surface area contributed by atoms with Crippen molar-refractivity contribution in [1.82, 2.24) is 19.7 Å². The summed E-state index contributed by atoms with van der Waals surface area (Å²) in [5.74, 6) is 0.937. The predicted octanol–water partition coefficient (Wildman–Crippen LogP) is 0.713. The molecule has 2 aromatic heterocycles. The molecule has 0 saturated carbocycles. The SMILES string of the molecule is Cn1ncnc1CC(N)CCc1ccncc1. The van der Waals surface area contributed by atoms with E-state index in [9.17, 15) is 0 Å². The first-order valence-electron chi connectivity index (χ1n) is 5.73. The van der Waals surface area contributed by atoms with Crippen LogP contribution in [0, 0.1) is 0 Å². The molecule has 5 nitrogen and oxygen atoms in total. The fourth-order valence-corrected chi connectivity index (χ4v) is 1.74. The minimum absolute atomic E-state index is 0.117. The summed E-state index contributed by atoms with van der Waals surface area (Å²) in [7, 11) is 1.89. The molecule has 0 fully saturated rings. The van der Waals surface area contributed by atoms with Gasteiger partial charge >= 0.3 is 0 Å².